The van der Waals surface area contributed by atoms with Gasteiger partial charge in [0.1, 0.15) is 5.75 Å². The number of hydrazine groups is 1. The number of rotatable bonds is 5. The van der Waals surface area contributed by atoms with Crippen LogP contribution < -0.4 is 15.6 Å². The zero-order chi connectivity index (χ0) is 25.8. The number of amides is 2. The molecule has 3 aromatic carbocycles. The second-order valence-electron chi connectivity index (χ2n) is 7.38. The zero-order valence-electron chi connectivity index (χ0n) is 18.6. The van der Waals surface area contributed by atoms with Crippen molar-refractivity contribution in [3.8, 4) is 45.9 Å². The molecule has 0 spiro atoms. The minimum Gasteiger partial charge on any atom is -0.504 e. The molecule has 4 rings (SSSR count). The van der Waals surface area contributed by atoms with Gasteiger partial charge in [0.25, 0.3) is 11.8 Å². The Kier molecular flexibility index (Phi) is 6.50. The van der Waals surface area contributed by atoms with Crippen molar-refractivity contribution < 1.29 is 38.9 Å². The van der Waals surface area contributed by atoms with Gasteiger partial charge >= 0.3 is 5.97 Å². The van der Waals surface area contributed by atoms with E-state index in [0.29, 0.717) is 5.56 Å². The first kappa shape index (κ1) is 23.8. The SMILES string of the molecule is CC(=O)Oc1ccc(C(=O)NNC(=O)c2ccc(-c3nnc(-c4cc(O)c(O)c(O)c4)o3)cc2)cc1. The lowest BCUT2D eigenvalue weighted by Gasteiger charge is -2.08. The van der Waals surface area contributed by atoms with Crippen molar-refractivity contribution in [1.82, 2.24) is 21.0 Å². The molecule has 0 fully saturated rings. The van der Waals surface area contributed by atoms with Crippen LogP contribution in [0.1, 0.15) is 27.6 Å². The van der Waals surface area contributed by atoms with Gasteiger partial charge in [-0.2, -0.15) is 0 Å². The standard InChI is InChI=1S/C24H18N4O8/c1-12(29)35-17-8-6-14(7-9-17)22(34)26-25-21(33)13-2-4-15(5-3-13)23-27-28-24(36-23)16-10-18(30)20(32)19(31)11-16/h2-11,30-32H,1H3,(H,25,33)(H,26,34). The maximum Gasteiger partial charge on any atom is 0.308 e. The molecule has 1 heterocycles. The molecule has 2 amide bonds. The van der Waals surface area contributed by atoms with Crippen molar-refractivity contribution in [2.75, 3.05) is 0 Å². The van der Waals surface area contributed by atoms with E-state index in [1.54, 1.807) is 12.1 Å². The van der Waals surface area contributed by atoms with Crippen LogP contribution in [0.4, 0.5) is 0 Å². The Morgan fingerprint density at radius 1 is 0.750 bits per heavy atom. The smallest absolute Gasteiger partial charge is 0.308 e. The molecule has 0 unspecified atom stereocenters. The van der Waals surface area contributed by atoms with Crippen molar-refractivity contribution in [1.29, 1.82) is 0 Å². The molecule has 12 heteroatoms. The first-order valence-electron chi connectivity index (χ1n) is 10.3. The summed E-state index contributed by atoms with van der Waals surface area (Å²) in [5, 5.41) is 36.5. The molecule has 0 aliphatic carbocycles. The summed E-state index contributed by atoms with van der Waals surface area (Å²) in [5.74, 6) is -3.01. The number of aromatic hydroxyl groups is 3. The van der Waals surface area contributed by atoms with Gasteiger partial charge in [0, 0.05) is 29.2 Å². The number of carbonyl (C=O) groups is 3. The van der Waals surface area contributed by atoms with Crippen LogP contribution in [0.25, 0.3) is 22.9 Å². The molecule has 0 aliphatic rings. The fourth-order valence-electron chi connectivity index (χ4n) is 3.05. The van der Waals surface area contributed by atoms with Crippen LogP contribution >= 0.6 is 0 Å². The number of nitrogens with one attached hydrogen (secondary N) is 2. The highest BCUT2D eigenvalue weighted by Gasteiger charge is 2.16. The van der Waals surface area contributed by atoms with Gasteiger partial charge in [0.2, 0.25) is 11.8 Å². The van der Waals surface area contributed by atoms with Crippen LogP contribution in [-0.4, -0.2) is 43.3 Å². The summed E-state index contributed by atoms with van der Waals surface area (Å²) < 4.78 is 10.5. The maximum atomic E-state index is 12.4. The molecule has 1 aromatic heterocycles. The molecule has 36 heavy (non-hydrogen) atoms. The summed E-state index contributed by atoms with van der Waals surface area (Å²) in [4.78, 5) is 35.6. The summed E-state index contributed by atoms with van der Waals surface area (Å²) >= 11 is 0. The molecule has 0 saturated carbocycles. The molecule has 12 nitrogen and oxygen atoms in total. The Bertz CT molecular complexity index is 1420. The fraction of sp³-hybridized carbons (Fsp3) is 0.0417. The van der Waals surface area contributed by atoms with E-state index >= 15 is 0 Å². The molecule has 0 radical (unpaired) electrons. The van der Waals surface area contributed by atoms with E-state index < -0.39 is 35.0 Å². The van der Waals surface area contributed by atoms with Crippen molar-refractivity contribution in [2.24, 2.45) is 0 Å². The molecular weight excluding hydrogens is 472 g/mol. The van der Waals surface area contributed by atoms with Crippen LogP contribution in [0.2, 0.25) is 0 Å². The average Bonchev–Trinajstić information content (AvgIpc) is 3.36. The van der Waals surface area contributed by atoms with Crippen molar-refractivity contribution in [2.45, 2.75) is 6.92 Å². The van der Waals surface area contributed by atoms with Crippen LogP contribution in [0.5, 0.6) is 23.0 Å². The number of hydrogen-bond donors (Lipinski definition) is 5. The zero-order valence-corrected chi connectivity index (χ0v) is 18.6. The fourth-order valence-corrected chi connectivity index (χ4v) is 3.05. The topological polar surface area (TPSA) is 184 Å². The van der Waals surface area contributed by atoms with Crippen molar-refractivity contribution in [3.63, 3.8) is 0 Å². The van der Waals surface area contributed by atoms with Gasteiger partial charge in [-0.1, -0.05) is 0 Å². The Morgan fingerprint density at radius 2 is 1.22 bits per heavy atom. The molecule has 0 atom stereocenters. The lowest BCUT2D eigenvalue weighted by atomic mass is 10.1. The Morgan fingerprint density at radius 3 is 1.72 bits per heavy atom. The third-order valence-electron chi connectivity index (χ3n) is 4.80. The van der Waals surface area contributed by atoms with E-state index in [-0.39, 0.29) is 34.2 Å². The molecular formula is C24H18N4O8. The highest BCUT2D eigenvalue weighted by Crippen LogP contribution is 2.38. The number of benzene rings is 3. The van der Waals surface area contributed by atoms with Crippen LogP contribution in [0.15, 0.2) is 65.1 Å². The van der Waals surface area contributed by atoms with Gasteiger partial charge in [0.05, 0.1) is 0 Å². The second kappa shape index (κ2) is 9.85. The highest BCUT2D eigenvalue weighted by atomic mass is 16.5. The van der Waals surface area contributed by atoms with E-state index in [9.17, 15) is 29.7 Å². The van der Waals surface area contributed by atoms with Crippen molar-refractivity contribution >= 4 is 17.8 Å². The number of phenols is 3. The first-order chi connectivity index (χ1) is 17.2. The normalized spacial score (nSPS) is 10.5. The third-order valence-corrected chi connectivity index (χ3v) is 4.80. The largest absolute Gasteiger partial charge is 0.504 e. The first-order valence-corrected chi connectivity index (χ1v) is 10.3. The Hall–Kier alpha value is -5.39. The van der Waals surface area contributed by atoms with Crippen LogP contribution in [0.3, 0.4) is 0 Å². The molecule has 5 N–H and O–H groups in total. The number of phenolic OH excluding ortho intramolecular Hbond substituents is 3. The predicted octanol–water partition coefficient (Wildman–Crippen LogP) is 2.52. The van der Waals surface area contributed by atoms with Gasteiger partial charge in [-0.05, 0) is 60.7 Å². The minimum absolute atomic E-state index is 0.0129. The summed E-state index contributed by atoms with van der Waals surface area (Å²) in [6.07, 6.45) is 0. The summed E-state index contributed by atoms with van der Waals surface area (Å²) in [7, 11) is 0. The Balaban J connectivity index is 1.38. The van der Waals surface area contributed by atoms with Crippen LogP contribution in [-0.2, 0) is 4.79 Å². The lowest BCUT2D eigenvalue weighted by Crippen LogP contribution is -2.41. The minimum atomic E-state index is -0.666. The van der Waals surface area contributed by atoms with Crippen molar-refractivity contribution in [3.05, 3.63) is 71.8 Å². The molecule has 4 aromatic rings. The van der Waals surface area contributed by atoms with Gasteiger partial charge < -0.3 is 24.5 Å². The number of aromatic nitrogens is 2. The number of esters is 1. The second-order valence-corrected chi connectivity index (χ2v) is 7.38. The maximum absolute atomic E-state index is 12.4. The Labute approximate surface area is 202 Å². The van der Waals surface area contributed by atoms with Gasteiger partial charge in [-0.3, -0.25) is 25.2 Å². The van der Waals surface area contributed by atoms with E-state index in [4.69, 9.17) is 9.15 Å². The van der Waals surface area contributed by atoms with Crippen LogP contribution in [0, 0.1) is 0 Å². The lowest BCUT2D eigenvalue weighted by molar-refractivity contribution is -0.131. The highest BCUT2D eigenvalue weighted by molar-refractivity contribution is 5.99. The summed E-state index contributed by atoms with van der Waals surface area (Å²) in [6, 6.07) is 14.1. The number of hydrogen-bond acceptors (Lipinski definition) is 10. The molecule has 0 saturated heterocycles. The van der Waals surface area contributed by atoms with Gasteiger partial charge in [0.15, 0.2) is 17.2 Å². The number of carbonyl (C=O) groups excluding carboxylic acids is 3. The third kappa shape index (κ3) is 5.22. The van der Waals surface area contributed by atoms with E-state index in [0.717, 1.165) is 12.1 Å². The number of nitrogens with zero attached hydrogens (tertiary/aromatic N) is 2. The summed E-state index contributed by atoms with van der Waals surface area (Å²) in [6.45, 7) is 1.26. The average molecular weight is 490 g/mol. The number of ether oxygens (including phenoxy) is 1. The molecule has 0 aliphatic heterocycles. The predicted molar refractivity (Wildman–Crippen MR) is 123 cm³/mol. The summed E-state index contributed by atoms with van der Waals surface area (Å²) in [5.41, 5.74) is 5.74. The van der Waals surface area contributed by atoms with E-state index in [1.807, 2.05) is 0 Å². The quantitative estimate of drug-likeness (QED) is 0.120. The van der Waals surface area contributed by atoms with E-state index in [1.165, 1.54) is 43.3 Å². The van der Waals surface area contributed by atoms with Gasteiger partial charge in [-0.15, -0.1) is 10.2 Å². The van der Waals surface area contributed by atoms with E-state index in [2.05, 4.69) is 21.0 Å². The molecule has 182 valence electrons. The van der Waals surface area contributed by atoms with Gasteiger partial charge in [-0.25, -0.2) is 0 Å². The monoisotopic (exact) mass is 490 g/mol. The molecule has 0 bridgehead atoms.